The first-order valence-electron chi connectivity index (χ1n) is 12.0. The highest BCUT2D eigenvalue weighted by Gasteiger charge is 2.65. The fraction of sp³-hybridized carbons (Fsp3) is 0.519. The molecule has 1 spiro atoms. The molecule has 3 aliphatic rings. The number of ether oxygens (including phenoxy) is 3. The van der Waals surface area contributed by atoms with Gasteiger partial charge in [-0.2, -0.15) is 0 Å². The Labute approximate surface area is 196 Å². The number of carbonyl (C=O) groups excluding carboxylic acids is 1. The van der Waals surface area contributed by atoms with Crippen molar-refractivity contribution in [2.45, 2.75) is 50.9 Å². The van der Waals surface area contributed by atoms with Gasteiger partial charge in [0.15, 0.2) is 0 Å². The van der Waals surface area contributed by atoms with Gasteiger partial charge in [-0.3, -0.25) is 9.69 Å². The summed E-state index contributed by atoms with van der Waals surface area (Å²) >= 11 is 0. The zero-order valence-corrected chi connectivity index (χ0v) is 19.9. The number of hydrogen-bond acceptors (Lipinski definition) is 5. The van der Waals surface area contributed by atoms with Crippen LogP contribution in [0.3, 0.4) is 0 Å². The van der Waals surface area contributed by atoms with Crippen LogP contribution in [-0.2, 0) is 22.7 Å². The maximum absolute atomic E-state index is 13.8. The highest BCUT2D eigenvalue weighted by Crippen LogP contribution is 2.56. The van der Waals surface area contributed by atoms with Crippen LogP contribution in [0.25, 0.3) is 0 Å². The molecule has 3 saturated heterocycles. The molecule has 33 heavy (non-hydrogen) atoms. The lowest BCUT2D eigenvalue weighted by Gasteiger charge is -2.34. The van der Waals surface area contributed by atoms with Gasteiger partial charge in [-0.15, -0.1) is 0 Å². The Kier molecular flexibility index (Phi) is 6.06. The van der Waals surface area contributed by atoms with Crippen molar-refractivity contribution in [1.29, 1.82) is 0 Å². The molecule has 5 rings (SSSR count). The number of methoxy groups -OCH3 is 2. The molecule has 2 aromatic carbocycles. The number of carbonyl (C=O) groups is 1. The van der Waals surface area contributed by atoms with Gasteiger partial charge in [0.2, 0.25) is 5.91 Å². The summed E-state index contributed by atoms with van der Waals surface area (Å²) in [6.45, 7) is 5.71. The van der Waals surface area contributed by atoms with E-state index in [1.807, 2.05) is 19.1 Å². The second-order valence-corrected chi connectivity index (χ2v) is 9.41. The fourth-order valence-corrected chi connectivity index (χ4v) is 6.31. The molecule has 0 saturated carbocycles. The van der Waals surface area contributed by atoms with Gasteiger partial charge in [0.25, 0.3) is 0 Å². The zero-order chi connectivity index (χ0) is 23.0. The maximum Gasteiger partial charge on any atom is 0.243 e. The van der Waals surface area contributed by atoms with E-state index in [9.17, 15) is 4.79 Å². The molecular weight excluding hydrogens is 416 g/mol. The van der Waals surface area contributed by atoms with Crippen molar-refractivity contribution in [3.05, 3.63) is 59.2 Å². The van der Waals surface area contributed by atoms with E-state index in [0.29, 0.717) is 31.6 Å². The Morgan fingerprint density at radius 2 is 1.91 bits per heavy atom. The molecule has 0 bridgehead atoms. The normalized spacial score (nSPS) is 26.5. The quantitative estimate of drug-likeness (QED) is 0.604. The van der Waals surface area contributed by atoms with Crippen LogP contribution in [0.15, 0.2) is 42.5 Å². The number of nitrogens with zero attached hydrogens (tertiary/aromatic N) is 2. The van der Waals surface area contributed by atoms with E-state index in [1.165, 1.54) is 5.56 Å². The van der Waals surface area contributed by atoms with Crippen molar-refractivity contribution in [3.8, 4) is 11.5 Å². The Balaban J connectivity index is 1.37. The largest absolute Gasteiger partial charge is 0.497 e. The SMILES string of the molecule is CCOCc1cc([C@@H]2C[C@H]3CN(Cc4ccc(OC)cc4)C(=O)[C@]34CCCN24)ccc1OC. The van der Waals surface area contributed by atoms with E-state index in [4.69, 9.17) is 14.2 Å². The maximum atomic E-state index is 13.8. The second-order valence-electron chi connectivity index (χ2n) is 9.41. The lowest BCUT2D eigenvalue weighted by atomic mass is 9.85. The summed E-state index contributed by atoms with van der Waals surface area (Å²) < 4.78 is 16.5. The Morgan fingerprint density at radius 1 is 1.09 bits per heavy atom. The summed E-state index contributed by atoms with van der Waals surface area (Å²) in [5.74, 6) is 2.39. The van der Waals surface area contributed by atoms with Crippen molar-refractivity contribution in [2.75, 3.05) is 33.9 Å². The lowest BCUT2D eigenvalue weighted by Crippen LogP contribution is -2.49. The van der Waals surface area contributed by atoms with Gasteiger partial charge < -0.3 is 19.1 Å². The van der Waals surface area contributed by atoms with E-state index in [1.54, 1.807) is 14.2 Å². The smallest absolute Gasteiger partial charge is 0.243 e. The average Bonchev–Trinajstić information content (AvgIpc) is 3.48. The number of amides is 1. The van der Waals surface area contributed by atoms with Crippen molar-refractivity contribution >= 4 is 5.91 Å². The van der Waals surface area contributed by atoms with Gasteiger partial charge in [0.1, 0.15) is 17.0 Å². The highest BCUT2D eigenvalue weighted by molar-refractivity contribution is 5.90. The molecule has 0 radical (unpaired) electrons. The molecule has 0 aromatic heterocycles. The zero-order valence-electron chi connectivity index (χ0n) is 19.9. The summed E-state index contributed by atoms with van der Waals surface area (Å²) in [7, 11) is 3.38. The molecule has 0 unspecified atom stereocenters. The minimum absolute atomic E-state index is 0.274. The van der Waals surface area contributed by atoms with E-state index < -0.39 is 0 Å². The number of likely N-dealkylation sites (tertiary alicyclic amines) is 1. The summed E-state index contributed by atoms with van der Waals surface area (Å²) in [6, 6.07) is 14.8. The van der Waals surface area contributed by atoms with E-state index in [0.717, 1.165) is 55.0 Å². The predicted octanol–water partition coefficient (Wildman–Crippen LogP) is 4.18. The third-order valence-corrected chi connectivity index (χ3v) is 7.81. The second kappa shape index (κ2) is 8.99. The third kappa shape index (κ3) is 3.69. The van der Waals surface area contributed by atoms with Crippen LogP contribution in [0.1, 0.15) is 48.9 Å². The molecule has 3 atom stereocenters. The topological polar surface area (TPSA) is 51.2 Å². The summed E-state index contributed by atoms with van der Waals surface area (Å²) in [6.07, 6.45) is 3.07. The van der Waals surface area contributed by atoms with Gasteiger partial charge in [-0.05, 0) is 68.1 Å². The van der Waals surface area contributed by atoms with Gasteiger partial charge in [-0.25, -0.2) is 0 Å². The number of rotatable bonds is 8. The van der Waals surface area contributed by atoms with Crippen molar-refractivity contribution in [3.63, 3.8) is 0 Å². The molecular formula is C27H34N2O4. The molecule has 1 amide bonds. The molecule has 176 valence electrons. The molecule has 3 fully saturated rings. The van der Waals surface area contributed by atoms with Gasteiger partial charge in [0, 0.05) is 37.2 Å². The molecule has 6 heteroatoms. The van der Waals surface area contributed by atoms with Crippen LogP contribution < -0.4 is 9.47 Å². The predicted molar refractivity (Wildman–Crippen MR) is 126 cm³/mol. The molecule has 3 aliphatic heterocycles. The average molecular weight is 451 g/mol. The van der Waals surface area contributed by atoms with E-state index >= 15 is 0 Å². The first-order chi connectivity index (χ1) is 16.1. The minimum atomic E-state index is -0.336. The van der Waals surface area contributed by atoms with Crippen molar-refractivity contribution in [1.82, 2.24) is 9.80 Å². The van der Waals surface area contributed by atoms with E-state index in [2.05, 4.69) is 40.1 Å². The van der Waals surface area contributed by atoms with Crippen LogP contribution in [0, 0.1) is 5.92 Å². The highest BCUT2D eigenvalue weighted by atomic mass is 16.5. The van der Waals surface area contributed by atoms with Crippen molar-refractivity contribution < 1.29 is 19.0 Å². The third-order valence-electron chi connectivity index (χ3n) is 7.81. The van der Waals surface area contributed by atoms with Crippen LogP contribution in [0.4, 0.5) is 0 Å². The minimum Gasteiger partial charge on any atom is -0.497 e. The Bertz CT molecular complexity index is 1010. The molecule has 3 heterocycles. The van der Waals surface area contributed by atoms with Crippen molar-refractivity contribution in [2.24, 2.45) is 5.92 Å². The monoisotopic (exact) mass is 450 g/mol. The van der Waals surface area contributed by atoms with Crippen LogP contribution in [0.2, 0.25) is 0 Å². The van der Waals surface area contributed by atoms with Crippen LogP contribution in [0.5, 0.6) is 11.5 Å². The summed E-state index contributed by atoms with van der Waals surface area (Å²) in [5, 5.41) is 0. The Morgan fingerprint density at radius 3 is 2.64 bits per heavy atom. The van der Waals surface area contributed by atoms with Gasteiger partial charge in [0.05, 0.1) is 20.8 Å². The number of hydrogen-bond donors (Lipinski definition) is 0. The molecule has 0 aliphatic carbocycles. The summed E-state index contributed by atoms with van der Waals surface area (Å²) in [4.78, 5) is 18.4. The molecule has 0 N–H and O–H groups in total. The van der Waals surface area contributed by atoms with Gasteiger partial charge in [-0.1, -0.05) is 18.2 Å². The number of benzene rings is 2. The van der Waals surface area contributed by atoms with Crippen LogP contribution >= 0.6 is 0 Å². The molecule has 6 nitrogen and oxygen atoms in total. The lowest BCUT2D eigenvalue weighted by molar-refractivity contribution is -0.137. The standard InChI is InChI=1S/C27H34N2O4/c1-4-33-18-21-14-20(8-11-25(21)32-3)24-15-22-17-28(16-19-6-9-23(31-2)10-7-19)26(30)27(22)12-5-13-29(24)27/h6-11,14,22,24H,4-5,12-13,15-18H2,1-3H3/t22-,24-,27-/m0/s1. The molecule has 2 aromatic rings. The van der Waals surface area contributed by atoms with Gasteiger partial charge >= 0.3 is 0 Å². The van der Waals surface area contributed by atoms with E-state index in [-0.39, 0.29) is 11.6 Å². The van der Waals surface area contributed by atoms with Crippen LogP contribution in [-0.4, -0.2) is 55.2 Å². The Hall–Kier alpha value is -2.57. The first kappa shape index (κ1) is 22.2. The summed E-state index contributed by atoms with van der Waals surface area (Å²) in [5.41, 5.74) is 3.17. The first-order valence-corrected chi connectivity index (χ1v) is 12.0. The fourth-order valence-electron chi connectivity index (χ4n) is 6.31.